The largest absolute Gasteiger partial charge is 0.461 e. The molecule has 0 unspecified atom stereocenters. The zero-order valence-electron chi connectivity index (χ0n) is 11.0. The van der Waals surface area contributed by atoms with E-state index in [0.717, 1.165) is 22.5 Å². The summed E-state index contributed by atoms with van der Waals surface area (Å²) in [6, 6.07) is 7.32. The smallest absolute Gasteiger partial charge is 0.355 e. The normalized spacial score (nSPS) is 10.0. The Hall–Kier alpha value is -2.32. The molecule has 0 bridgehead atoms. The second-order valence-corrected chi connectivity index (χ2v) is 4.86. The molecule has 0 radical (unpaired) electrons. The number of carbonyl (C=O) groups is 1. The molecule has 0 N–H and O–H groups in total. The van der Waals surface area contributed by atoms with Crippen molar-refractivity contribution in [1.82, 2.24) is 4.57 Å². The molecule has 0 spiro atoms. The summed E-state index contributed by atoms with van der Waals surface area (Å²) in [5, 5.41) is 1.52. The monoisotopic (exact) mass is 287 g/mol. The lowest BCUT2D eigenvalue weighted by molar-refractivity contribution is 0.0514. The van der Waals surface area contributed by atoms with Crippen LogP contribution in [0.4, 0.5) is 0 Å². The zero-order chi connectivity index (χ0) is 14.5. The molecule has 0 aliphatic rings. The number of aromatic nitrogens is 1. The number of rotatable bonds is 4. The van der Waals surface area contributed by atoms with Crippen molar-refractivity contribution in [3.05, 3.63) is 56.1 Å². The highest BCUT2D eigenvalue weighted by molar-refractivity contribution is 7.07. The first-order valence-corrected chi connectivity index (χ1v) is 6.94. The quantitative estimate of drug-likeness (QED) is 0.639. The summed E-state index contributed by atoms with van der Waals surface area (Å²) in [7, 11) is 0. The number of ether oxygens (including phenoxy) is 1. The van der Waals surface area contributed by atoms with Gasteiger partial charge in [0.15, 0.2) is 0 Å². The SMILES string of the molecule is C#Cc1cccc(Cn2c(C(=O)OCC)csc2=O)c1. The lowest BCUT2D eigenvalue weighted by Crippen LogP contribution is -2.20. The van der Waals surface area contributed by atoms with Crippen LogP contribution in [0.25, 0.3) is 0 Å². The highest BCUT2D eigenvalue weighted by Crippen LogP contribution is 2.10. The van der Waals surface area contributed by atoms with E-state index in [2.05, 4.69) is 5.92 Å². The van der Waals surface area contributed by atoms with Gasteiger partial charge in [-0.1, -0.05) is 29.4 Å². The van der Waals surface area contributed by atoms with Gasteiger partial charge in [0.1, 0.15) is 5.69 Å². The molecule has 0 saturated carbocycles. The molecule has 0 saturated heterocycles. The fourth-order valence-electron chi connectivity index (χ4n) is 1.79. The number of nitrogens with zero attached hydrogens (tertiary/aromatic N) is 1. The summed E-state index contributed by atoms with van der Waals surface area (Å²) >= 11 is 0.981. The maximum atomic E-state index is 11.8. The van der Waals surface area contributed by atoms with Crippen molar-refractivity contribution in [2.24, 2.45) is 0 Å². The van der Waals surface area contributed by atoms with Crippen molar-refractivity contribution in [3.8, 4) is 12.3 Å². The van der Waals surface area contributed by atoms with Crippen LogP contribution < -0.4 is 4.87 Å². The second-order valence-electron chi connectivity index (χ2n) is 4.04. The summed E-state index contributed by atoms with van der Waals surface area (Å²) in [5.74, 6) is 2.06. The fourth-order valence-corrected chi connectivity index (χ4v) is 2.51. The number of benzene rings is 1. The van der Waals surface area contributed by atoms with E-state index in [9.17, 15) is 9.59 Å². The maximum Gasteiger partial charge on any atom is 0.355 e. The third-order valence-corrected chi connectivity index (χ3v) is 3.46. The zero-order valence-corrected chi connectivity index (χ0v) is 11.8. The molecule has 1 aromatic carbocycles. The Morgan fingerprint density at radius 2 is 2.30 bits per heavy atom. The van der Waals surface area contributed by atoms with E-state index in [0.29, 0.717) is 6.54 Å². The Morgan fingerprint density at radius 3 is 3.00 bits per heavy atom. The van der Waals surface area contributed by atoms with Gasteiger partial charge in [-0.2, -0.15) is 0 Å². The van der Waals surface area contributed by atoms with Gasteiger partial charge in [-0.25, -0.2) is 4.79 Å². The van der Waals surface area contributed by atoms with Gasteiger partial charge in [0.05, 0.1) is 13.2 Å². The Labute approximate surface area is 120 Å². The number of esters is 1. The van der Waals surface area contributed by atoms with Crippen molar-refractivity contribution in [1.29, 1.82) is 0 Å². The fraction of sp³-hybridized carbons (Fsp3) is 0.200. The molecule has 2 aromatic rings. The molecule has 20 heavy (non-hydrogen) atoms. The first kappa shape index (κ1) is 14.1. The lowest BCUT2D eigenvalue weighted by Gasteiger charge is -2.07. The number of terminal acetylenes is 1. The van der Waals surface area contributed by atoms with Gasteiger partial charge in [-0.15, -0.1) is 6.42 Å². The molecule has 4 nitrogen and oxygen atoms in total. The molecule has 1 aromatic heterocycles. The summed E-state index contributed by atoms with van der Waals surface area (Å²) in [6.45, 7) is 2.30. The molecule has 1 heterocycles. The van der Waals surface area contributed by atoms with Crippen LogP contribution in [0.2, 0.25) is 0 Å². The average molecular weight is 287 g/mol. The molecule has 0 atom stereocenters. The van der Waals surface area contributed by atoms with Crippen LogP contribution in [0.5, 0.6) is 0 Å². The van der Waals surface area contributed by atoms with Crippen molar-refractivity contribution in [2.45, 2.75) is 13.5 Å². The lowest BCUT2D eigenvalue weighted by atomic mass is 10.1. The van der Waals surface area contributed by atoms with Gasteiger partial charge in [-0.3, -0.25) is 9.36 Å². The van der Waals surface area contributed by atoms with Crippen LogP contribution in [-0.2, 0) is 11.3 Å². The highest BCUT2D eigenvalue weighted by atomic mass is 32.1. The van der Waals surface area contributed by atoms with Gasteiger partial charge < -0.3 is 4.74 Å². The van der Waals surface area contributed by atoms with E-state index >= 15 is 0 Å². The van der Waals surface area contributed by atoms with E-state index in [-0.39, 0.29) is 17.2 Å². The highest BCUT2D eigenvalue weighted by Gasteiger charge is 2.15. The van der Waals surface area contributed by atoms with Crippen LogP contribution in [0, 0.1) is 12.3 Å². The minimum absolute atomic E-state index is 0.195. The first-order chi connectivity index (χ1) is 9.65. The molecular weight excluding hydrogens is 274 g/mol. The molecule has 102 valence electrons. The van der Waals surface area contributed by atoms with Crippen molar-refractivity contribution < 1.29 is 9.53 Å². The van der Waals surface area contributed by atoms with Crippen molar-refractivity contribution in [2.75, 3.05) is 6.61 Å². The molecule has 0 fully saturated rings. The van der Waals surface area contributed by atoms with E-state index < -0.39 is 5.97 Å². The van der Waals surface area contributed by atoms with Gasteiger partial charge in [-0.05, 0) is 24.6 Å². The standard InChI is InChI=1S/C15H13NO3S/c1-3-11-6-5-7-12(8-11)9-16-13(10-20-15(16)18)14(17)19-4-2/h1,5-8,10H,4,9H2,2H3. The van der Waals surface area contributed by atoms with E-state index in [1.807, 2.05) is 24.3 Å². The first-order valence-electron chi connectivity index (χ1n) is 6.06. The summed E-state index contributed by atoms with van der Waals surface area (Å²) in [5.41, 5.74) is 1.88. The third-order valence-electron chi connectivity index (χ3n) is 2.70. The summed E-state index contributed by atoms with van der Waals surface area (Å²) < 4.78 is 6.34. The molecule has 0 aliphatic carbocycles. The predicted molar refractivity (Wildman–Crippen MR) is 78.0 cm³/mol. The Bertz CT molecular complexity index is 721. The number of thiazole rings is 1. The molecular formula is C15H13NO3S. The Balaban J connectivity index is 2.34. The second kappa shape index (κ2) is 6.22. The molecule has 2 rings (SSSR count). The van der Waals surface area contributed by atoms with E-state index in [1.165, 1.54) is 9.95 Å². The van der Waals surface area contributed by atoms with Gasteiger partial charge >= 0.3 is 10.8 Å². The van der Waals surface area contributed by atoms with Crippen LogP contribution in [0.15, 0.2) is 34.4 Å². The number of carbonyl (C=O) groups excluding carboxylic acids is 1. The predicted octanol–water partition coefficient (Wildman–Crippen LogP) is 2.12. The van der Waals surface area contributed by atoms with Crippen LogP contribution in [0.3, 0.4) is 0 Å². The van der Waals surface area contributed by atoms with Crippen LogP contribution >= 0.6 is 11.3 Å². The Kier molecular flexibility index (Phi) is 4.38. The molecule has 0 aliphatic heterocycles. The van der Waals surface area contributed by atoms with Crippen LogP contribution in [-0.4, -0.2) is 17.1 Å². The number of hydrogen-bond donors (Lipinski definition) is 0. The molecule has 0 amide bonds. The van der Waals surface area contributed by atoms with Crippen molar-refractivity contribution in [3.63, 3.8) is 0 Å². The van der Waals surface area contributed by atoms with E-state index in [4.69, 9.17) is 11.2 Å². The topological polar surface area (TPSA) is 48.3 Å². The van der Waals surface area contributed by atoms with Crippen LogP contribution in [0.1, 0.15) is 28.5 Å². The third kappa shape index (κ3) is 2.98. The maximum absolute atomic E-state index is 11.8. The molecule has 5 heteroatoms. The van der Waals surface area contributed by atoms with Crippen molar-refractivity contribution >= 4 is 17.3 Å². The Morgan fingerprint density at radius 1 is 1.50 bits per heavy atom. The summed E-state index contributed by atoms with van der Waals surface area (Å²) in [4.78, 5) is 23.4. The van der Waals surface area contributed by atoms with E-state index in [1.54, 1.807) is 6.92 Å². The average Bonchev–Trinajstić information content (AvgIpc) is 2.81. The van der Waals surface area contributed by atoms with Gasteiger partial charge in [0, 0.05) is 10.9 Å². The van der Waals surface area contributed by atoms with Gasteiger partial charge in [0.25, 0.3) is 0 Å². The number of hydrogen-bond acceptors (Lipinski definition) is 4. The van der Waals surface area contributed by atoms with Gasteiger partial charge in [0.2, 0.25) is 0 Å². The minimum Gasteiger partial charge on any atom is -0.461 e. The summed E-state index contributed by atoms with van der Waals surface area (Å²) in [6.07, 6.45) is 5.35. The minimum atomic E-state index is -0.487.